The lowest BCUT2D eigenvalue weighted by molar-refractivity contribution is 0.102. The molecule has 0 bridgehead atoms. The number of amides is 1. The maximum atomic E-state index is 12.4. The number of nitrogens with one attached hydrogen (secondary N) is 1. The summed E-state index contributed by atoms with van der Waals surface area (Å²) in [6, 6.07) is 15.2. The molecule has 8 heteroatoms. The SMILES string of the molecule is Cc1cnn(-c2ccc(C(=O)Nc3ncn(Cc4ccc(Br)cc4)n3)cc2)c1. The quantitative estimate of drug-likeness (QED) is 0.515. The fourth-order valence-electron chi connectivity index (χ4n) is 2.70. The maximum absolute atomic E-state index is 12.4. The number of halogens is 1. The van der Waals surface area contributed by atoms with Gasteiger partial charge in [-0.2, -0.15) is 5.10 Å². The van der Waals surface area contributed by atoms with Crippen molar-refractivity contribution in [2.24, 2.45) is 0 Å². The zero-order valence-electron chi connectivity index (χ0n) is 15.1. The van der Waals surface area contributed by atoms with Gasteiger partial charge in [0.05, 0.1) is 18.4 Å². The summed E-state index contributed by atoms with van der Waals surface area (Å²) in [4.78, 5) is 16.6. The minimum absolute atomic E-state index is 0.260. The monoisotopic (exact) mass is 436 g/mol. The van der Waals surface area contributed by atoms with Gasteiger partial charge in [-0.15, -0.1) is 5.10 Å². The number of benzene rings is 2. The molecule has 28 heavy (non-hydrogen) atoms. The fourth-order valence-corrected chi connectivity index (χ4v) is 2.96. The topological polar surface area (TPSA) is 77.6 Å². The molecular weight excluding hydrogens is 420 g/mol. The van der Waals surface area contributed by atoms with Gasteiger partial charge in [0.15, 0.2) is 0 Å². The van der Waals surface area contributed by atoms with E-state index < -0.39 is 0 Å². The van der Waals surface area contributed by atoms with E-state index in [2.05, 4.69) is 36.4 Å². The lowest BCUT2D eigenvalue weighted by Gasteiger charge is -2.04. The van der Waals surface area contributed by atoms with Crippen LogP contribution in [0.3, 0.4) is 0 Å². The molecule has 0 saturated carbocycles. The first-order valence-corrected chi connectivity index (χ1v) is 9.43. The molecule has 0 unspecified atom stereocenters. The normalized spacial score (nSPS) is 10.8. The van der Waals surface area contributed by atoms with Crippen molar-refractivity contribution in [2.75, 3.05) is 5.32 Å². The van der Waals surface area contributed by atoms with Crippen molar-refractivity contribution >= 4 is 27.8 Å². The van der Waals surface area contributed by atoms with Crippen LogP contribution in [0.1, 0.15) is 21.5 Å². The second-order valence-corrected chi connectivity index (χ2v) is 7.27. The number of carbonyl (C=O) groups is 1. The van der Waals surface area contributed by atoms with Crippen molar-refractivity contribution in [3.8, 4) is 5.69 Å². The van der Waals surface area contributed by atoms with Gasteiger partial charge in [-0.25, -0.2) is 14.3 Å². The van der Waals surface area contributed by atoms with E-state index in [1.165, 1.54) is 0 Å². The lowest BCUT2D eigenvalue weighted by atomic mass is 10.2. The summed E-state index contributed by atoms with van der Waals surface area (Å²) >= 11 is 3.42. The van der Waals surface area contributed by atoms with Crippen molar-refractivity contribution in [3.05, 3.63) is 88.4 Å². The van der Waals surface area contributed by atoms with E-state index in [4.69, 9.17) is 0 Å². The third kappa shape index (κ3) is 4.17. The van der Waals surface area contributed by atoms with Crippen LogP contribution < -0.4 is 5.32 Å². The zero-order chi connectivity index (χ0) is 19.5. The van der Waals surface area contributed by atoms with Crippen molar-refractivity contribution in [2.45, 2.75) is 13.5 Å². The lowest BCUT2D eigenvalue weighted by Crippen LogP contribution is -2.13. The van der Waals surface area contributed by atoms with Gasteiger partial charge in [0, 0.05) is 16.2 Å². The molecule has 0 spiro atoms. The van der Waals surface area contributed by atoms with Crippen LogP contribution >= 0.6 is 15.9 Å². The van der Waals surface area contributed by atoms with Gasteiger partial charge >= 0.3 is 0 Å². The van der Waals surface area contributed by atoms with Crippen LogP contribution in [0, 0.1) is 6.92 Å². The van der Waals surface area contributed by atoms with Crippen LogP contribution in [0.5, 0.6) is 0 Å². The average Bonchev–Trinajstić information content (AvgIpc) is 3.33. The Labute approximate surface area is 170 Å². The van der Waals surface area contributed by atoms with Crippen molar-refractivity contribution < 1.29 is 4.79 Å². The molecule has 1 amide bonds. The standard InChI is InChI=1S/C20H17BrN6O/c1-14-10-23-27(11-14)18-8-4-16(5-9-18)19(28)24-20-22-13-26(25-20)12-15-2-6-17(21)7-3-15/h2-11,13H,12H2,1H3,(H,24,25,28). The van der Waals surface area contributed by atoms with Gasteiger partial charge in [0.25, 0.3) is 5.91 Å². The predicted octanol–water partition coefficient (Wildman–Crippen LogP) is 3.84. The van der Waals surface area contributed by atoms with E-state index in [9.17, 15) is 4.79 Å². The Hall–Kier alpha value is -3.26. The van der Waals surface area contributed by atoms with E-state index in [1.54, 1.807) is 34.0 Å². The molecule has 140 valence electrons. The molecule has 0 aliphatic heterocycles. The first-order valence-electron chi connectivity index (χ1n) is 8.64. The number of carbonyl (C=O) groups excluding carboxylic acids is 1. The van der Waals surface area contributed by atoms with Crippen LogP contribution in [-0.2, 0) is 6.54 Å². The summed E-state index contributed by atoms with van der Waals surface area (Å²) < 4.78 is 4.47. The van der Waals surface area contributed by atoms with Crippen molar-refractivity contribution in [3.63, 3.8) is 0 Å². The summed E-state index contributed by atoms with van der Waals surface area (Å²) in [5.41, 5.74) is 3.58. The molecule has 4 aromatic rings. The molecule has 1 N–H and O–H groups in total. The van der Waals surface area contributed by atoms with E-state index in [1.807, 2.05) is 49.5 Å². The van der Waals surface area contributed by atoms with Crippen LogP contribution in [0.15, 0.2) is 71.7 Å². The van der Waals surface area contributed by atoms with E-state index in [-0.39, 0.29) is 11.9 Å². The number of aryl methyl sites for hydroxylation is 1. The van der Waals surface area contributed by atoms with E-state index in [0.717, 1.165) is 21.3 Å². The number of nitrogens with zero attached hydrogens (tertiary/aromatic N) is 5. The highest BCUT2D eigenvalue weighted by Gasteiger charge is 2.10. The Bertz CT molecular complexity index is 1100. The molecule has 2 aromatic carbocycles. The Kier molecular flexibility index (Phi) is 5.03. The fraction of sp³-hybridized carbons (Fsp3) is 0.100. The Balaban J connectivity index is 1.41. The molecule has 0 aliphatic rings. The highest BCUT2D eigenvalue weighted by Crippen LogP contribution is 2.13. The third-order valence-corrected chi connectivity index (χ3v) is 4.65. The van der Waals surface area contributed by atoms with Gasteiger partial charge in [0.2, 0.25) is 5.95 Å². The summed E-state index contributed by atoms with van der Waals surface area (Å²) in [5.74, 6) is 0.0125. The smallest absolute Gasteiger partial charge is 0.258 e. The molecule has 0 saturated heterocycles. The Morgan fingerprint density at radius 2 is 1.86 bits per heavy atom. The molecule has 2 aromatic heterocycles. The summed E-state index contributed by atoms with van der Waals surface area (Å²) in [7, 11) is 0. The first-order chi connectivity index (χ1) is 13.6. The van der Waals surface area contributed by atoms with Gasteiger partial charge in [-0.3, -0.25) is 10.1 Å². The van der Waals surface area contributed by atoms with Crippen LogP contribution in [0.2, 0.25) is 0 Å². The molecule has 0 radical (unpaired) electrons. The van der Waals surface area contributed by atoms with E-state index >= 15 is 0 Å². The summed E-state index contributed by atoms with van der Waals surface area (Å²) in [5, 5.41) is 11.3. The average molecular weight is 437 g/mol. The maximum Gasteiger partial charge on any atom is 0.258 e. The second-order valence-electron chi connectivity index (χ2n) is 6.36. The second kappa shape index (κ2) is 7.77. The Morgan fingerprint density at radius 1 is 1.11 bits per heavy atom. The van der Waals surface area contributed by atoms with Gasteiger partial charge in [0.1, 0.15) is 6.33 Å². The highest BCUT2D eigenvalue weighted by molar-refractivity contribution is 9.10. The molecular formula is C20H17BrN6O. The minimum Gasteiger partial charge on any atom is -0.289 e. The summed E-state index contributed by atoms with van der Waals surface area (Å²) in [6.45, 7) is 2.56. The zero-order valence-corrected chi connectivity index (χ0v) is 16.7. The summed E-state index contributed by atoms with van der Waals surface area (Å²) in [6.07, 6.45) is 5.31. The number of aromatic nitrogens is 5. The van der Waals surface area contributed by atoms with Gasteiger partial charge in [-0.05, 0) is 54.4 Å². The molecule has 7 nitrogen and oxygen atoms in total. The van der Waals surface area contributed by atoms with Crippen LogP contribution in [0.25, 0.3) is 5.69 Å². The number of hydrogen-bond donors (Lipinski definition) is 1. The van der Waals surface area contributed by atoms with Crippen LogP contribution in [-0.4, -0.2) is 30.5 Å². The van der Waals surface area contributed by atoms with Crippen molar-refractivity contribution in [1.29, 1.82) is 0 Å². The number of anilines is 1. The Morgan fingerprint density at radius 3 is 2.54 bits per heavy atom. The molecule has 2 heterocycles. The number of hydrogen-bond acceptors (Lipinski definition) is 4. The van der Waals surface area contributed by atoms with Crippen LogP contribution in [0.4, 0.5) is 5.95 Å². The molecule has 0 aliphatic carbocycles. The first kappa shape index (κ1) is 18.1. The molecule has 0 atom stereocenters. The predicted molar refractivity (Wildman–Crippen MR) is 110 cm³/mol. The van der Waals surface area contributed by atoms with Gasteiger partial charge < -0.3 is 0 Å². The third-order valence-electron chi connectivity index (χ3n) is 4.13. The molecule has 0 fully saturated rings. The van der Waals surface area contributed by atoms with E-state index in [0.29, 0.717) is 12.1 Å². The van der Waals surface area contributed by atoms with Gasteiger partial charge in [-0.1, -0.05) is 28.1 Å². The molecule has 4 rings (SSSR count). The highest BCUT2D eigenvalue weighted by atomic mass is 79.9. The largest absolute Gasteiger partial charge is 0.289 e. The number of rotatable bonds is 5. The van der Waals surface area contributed by atoms with Crippen molar-refractivity contribution in [1.82, 2.24) is 24.5 Å². The minimum atomic E-state index is -0.260.